The fourth-order valence-electron chi connectivity index (χ4n) is 3.28. The van der Waals surface area contributed by atoms with Gasteiger partial charge in [0.1, 0.15) is 16.0 Å². The van der Waals surface area contributed by atoms with Crippen molar-refractivity contribution >= 4 is 32.4 Å². The van der Waals surface area contributed by atoms with Crippen LogP contribution in [0, 0.1) is 0 Å². The summed E-state index contributed by atoms with van der Waals surface area (Å²) < 4.78 is 32.6. The van der Waals surface area contributed by atoms with Crippen LogP contribution in [0.25, 0.3) is 21.6 Å². The molecule has 5 rings (SSSR count). The van der Waals surface area contributed by atoms with Crippen molar-refractivity contribution in [1.29, 1.82) is 0 Å². The molecule has 1 fully saturated rings. The first-order chi connectivity index (χ1) is 15.1. The first-order valence-corrected chi connectivity index (χ1v) is 12.0. The fraction of sp³-hybridized carbons (Fsp3) is 0.250. The van der Waals surface area contributed by atoms with E-state index in [-0.39, 0.29) is 11.5 Å². The van der Waals surface area contributed by atoms with E-state index in [4.69, 9.17) is 9.57 Å². The van der Waals surface area contributed by atoms with Crippen molar-refractivity contribution < 1.29 is 18.0 Å². The highest BCUT2D eigenvalue weighted by Crippen LogP contribution is 2.24. The third-order valence-corrected chi connectivity index (χ3v) is 7.74. The van der Waals surface area contributed by atoms with Crippen molar-refractivity contribution in [3.05, 3.63) is 59.6 Å². The number of benzene rings is 2. The summed E-state index contributed by atoms with van der Waals surface area (Å²) in [6.07, 6.45) is 0. The topological polar surface area (TPSA) is 99.4 Å². The van der Waals surface area contributed by atoms with E-state index in [0.29, 0.717) is 37.3 Å². The Labute approximate surface area is 182 Å². The summed E-state index contributed by atoms with van der Waals surface area (Å²) in [5.74, 6) is 0. The molecular weight excluding hydrogens is 438 g/mol. The van der Waals surface area contributed by atoms with Gasteiger partial charge >= 0.3 is 0 Å². The predicted octanol–water partition coefficient (Wildman–Crippen LogP) is 2.20. The number of nitrogens with zero attached hydrogens (tertiary/aromatic N) is 5. The second kappa shape index (κ2) is 8.35. The van der Waals surface area contributed by atoms with Gasteiger partial charge in [-0.2, -0.15) is 4.31 Å². The summed E-state index contributed by atoms with van der Waals surface area (Å²) in [5.41, 5.74) is 2.82. The molecular formula is C20H19N5O4S2. The molecule has 1 aliphatic heterocycles. The summed E-state index contributed by atoms with van der Waals surface area (Å²) in [6.45, 7) is 1.64. The van der Waals surface area contributed by atoms with Crippen LogP contribution in [-0.2, 0) is 21.4 Å². The number of ether oxygens (including phenoxy) is 1. The SMILES string of the molecule is O=S(=O)(c1ccc2nnn(OCc3csc(-c4ccccc4)n3)c2c1)N1CCOCC1. The smallest absolute Gasteiger partial charge is 0.243 e. The lowest BCUT2D eigenvalue weighted by atomic mass is 10.2. The standard InChI is InChI=1S/C20H19N5O4S2/c26-31(27,24-8-10-28-11-9-24)17-6-7-18-19(12-17)25(23-22-18)29-13-16-14-30-20(21-16)15-4-2-1-3-5-15/h1-7,12,14H,8-11,13H2. The van der Waals surface area contributed by atoms with E-state index in [1.807, 2.05) is 35.7 Å². The van der Waals surface area contributed by atoms with Crippen LogP contribution >= 0.6 is 11.3 Å². The second-order valence-electron chi connectivity index (χ2n) is 6.91. The second-order valence-corrected chi connectivity index (χ2v) is 9.71. The molecule has 1 aliphatic rings. The van der Waals surface area contributed by atoms with Gasteiger partial charge in [-0.3, -0.25) is 0 Å². The monoisotopic (exact) mass is 457 g/mol. The normalized spacial score (nSPS) is 15.4. The fourth-order valence-corrected chi connectivity index (χ4v) is 5.52. The third-order valence-electron chi connectivity index (χ3n) is 4.90. The highest BCUT2D eigenvalue weighted by atomic mass is 32.2. The van der Waals surface area contributed by atoms with E-state index in [1.165, 1.54) is 26.6 Å². The Morgan fingerprint density at radius 2 is 1.90 bits per heavy atom. The first-order valence-electron chi connectivity index (χ1n) is 9.68. The number of hydrogen-bond acceptors (Lipinski definition) is 8. The molecule has 0 bridgehead atoms. The number of sulfonamides is 1. The number of morpholine rings is 1. The van der Waals surface area contributed by atoms with E-state index < -0.39 is 10.0 Å². The number of hydrogen-bond donors (Lipinski definition) is 0. The number of fused-ring (bicyclic) bond motifs is 1. The van der Waals surface area contributed by atoms with Crippen molar-refractivity contribution in [2.75, 3.05) is 26.3 Å². The number of aromatic nitrogens is 4. The van der Waals surface area contributed by atoms with E-state index in [2.05, 4.69) is 15.3 Å². The van der Waals surface area contributed by atoms with Gasteiger partial charge in [0.05, 0.1) is 23.8 Å². The van der Waals surface area contributed by atoms with Gasteiger partial charge in [-0.15, -0.1) is 16.4 Å². The molecule has 0 amide bonds. The molecule has 0 radical (unpaired) electrons. The summed E-state index contributed by atoms with van der Waals surface area (Å²) in [5, 5.41) is 10.9. The lowest BCUT2D eigenvalue weighted by Crippen LogP contribution is -2.40. The van der Waals surface area contributed by atoms with Crippen LogP contribution in [0.5, 0.6) is 0 Å². The molecule has 160 valence electrons. The molecule has 0 spiro atoms. The van der Waals surface area contributed by atoms with Crippen molar-refractivity contribution in [3.63, 3.8) is 0 Å². The van der Waals surface area contributed by atoms with E-state index >= 15 is 0 Å². The minimum absolute atomic E-state index is 0.175. The summed E-state index contributed by atoms with van der Waals surface area (Å²) >= 11 is 1.53. The van der Waals surface area contributed by atoms with Gasteiger partial charge in [0.2, 0.25) is 10.0 Å². The Morgan fingerprint density at radius 1 is 1.10 bits per heavy atom. The van der Waals surface area contributed by atoms with Crippen LogP contribution < -0.4 is 4.84 Å². The van der Waals surface area contributed by atoms with Gasteiger partial charge in [0.25, 0.3) is 0 Å². The van der Waals surface area contributed by atoms with Crippen LogP contribution in [0.2, 0.25) is 0 Å². The maximum absolute atomic E-state index is 13.0. The van der Waals surface area contributed by atoms with E-state index in [0.717, 1.165) is 16.3 Å². The molecule has 2 aromatic carbocycles. The molecule has 4 aromatic rings. The highest BCUT2D eigenvalue weighted by molar-refractivity contribution is 7.89. The maximum atomic E-state index is 13.0. The molecule has 2 aromatic heterocycles. The minimum atomic E-state index is -3.62. The van der Waals surface area contributed by atoms with Crippen molar-refractivity contribution in [2.45, 2.75) is 11.5 Å². The maximum Gasteiger partial charge on any atom is 0.243 e. The van der Waals surface area contributed by atoms with Crippen LogP contribution in [0.1, 0.15) is 5.69 Å². The molecule has 0 saturated carbocycles. The van der Waals surface area contributed by atoms with Gasteiger partial charge < -0.3 is 9.57 Å². The molecule has 3 heterocycles. The molecule has 0 N–H and O–H groups in total. The molecule has 11 heteroatoms. The zero-order chi connectivity index (χ0) is 21.3. The third kappa shape index (κ3) is 4.04. The molecule has 1 saturated heterocycles. The van der Waals surface area contributed by atoms with Crippen LogP contribution in [-0.4, -0.2) is 59.2 Å². The van der Waals surface area contributed by atoms with Crippen molar-refractivity contribution in [3.8, 4) is 10.6 Å². The largest absolute Gasteiger partial charge is 0.388 e. The zero-order valence-corrected chi connectivity index (χ0v) is 18.1. The molecule has 0 atom stereocenters. The number of thiazole rings is 1. The Bertz CT molecular complexity index is 1300. The Kier molecular flexibility index (Phi) is 5.40. The predicted molar refractivity (Wildman–Crippen MR) is 115 cm³/mol. The van der Waals surface area contributed by atoms with Crippen LogP contribution in [0.15, 0.2) is 58.8 Å². The van der Waals surface area contributed by atoms with Gasteiger partial charge in [-0.1, -0.05) is 35.2 Å². The van der Waals surface area contributed by atoms with Crippen LogP contribution in [0.4, 0.5) is 0 Å². The Morgan fingerprint density at radius 3 is 2.71 bits per heavy atom. The number of rotatable bonds is 6. The van der Waals surface area contributed by atoms with Crippen molar-refractivity contribution in [1.82, 2.24) is 24.4 Å². The highest BCUT2D eigenvalue weighted by Gasteiger charge is 2.27. The quantitative estimate of drug-likeness (QED) is 0.438. The first kappa shape index (κ1) is 20.1. The van der Waals surface area contributed by atoms with Gasteiger partial charge in [-0.25, -0.2) is 13.4 Å². The minimum Gasteiger partial charge on any atom is -0.388 e. The van der Waals surface area contributed by atoms with Gasteiger partial charge in [0.15, 0.2) is 6.61 Å². The Balaban J connectivity index is 1.36. The Hall–Kier alpha value is -2.86. The average Bonchev–Trinajstić information content (AvgIpc) is 3.45. The molecule has 0 unspecified atom stereocenters. The van der Waals surface area contributed by atoms with E-state index in [9.17, 15) is 8.42 Å². The lowest BCUT2D eigenvalue weighted by molar-refractivity contribution is 0.0726. The summed E-state index contributed by atoms with van der Waals surface area (Å²) in [4.78, 5) is 11.8. The summed E-state index contributed by atoms with van der Waals surface area (Å²) in [7, 11) is -3.62. The summed E-state index contributed by atoms with van der Waals surface area (Å²) in [6, 6.07) is 14.6. The van der Waals surface area contributed by atoms with Gasteiger partial charge in [0, 0.05) is 24.0 Å². The van der Waals surface area contributed by atoms with Crippen LogP contribution in [0.3, 0.4) is 0 Å². The van der Waals surface area contributed by atoms with Gasteiger partial charge in [-0.05, 0) is 23.4 Å². The zero-order valence-electron chi connectivity index (χ0n) is 16.4. The van der Waals surface area contributed by atoms with Crippen molar-refractivity contribution in [2.24, 2.45) is 0 Å². The van der Waals surface area contributed by atoms with E-state index in [1.54, 1.807) is 12.1 Å². The molecule has 0 aliphatic carbocycles. The average molecular weight is 458 g/mol. The molecule has 31 heavy (non-hydrogen) atoms. The molecule has 9 nitrogen and oxygen atoms in total. The lowest BCUT2D eigenvalue weighted by Gasteiger charge is -2.26.